The van der Waals surface area contributed by atoms with Crippen LogP contribution >= 0.6 is 15.9 Å². The van der Waals surface area contributed by atoms with Crippen molar-refractivity contribution in [2.75, 3.05) is 24.6 Å². The summed E-state index contributed by atoms with van der Waals surface area (Å²) < 4.78 is 33.2. The second-order valence-corrected chi connectivity index (χ2v) is 5.70. The number of aliphatic hydroxyl groups is 1. The first kappa shape index (κ1) is 12.3. The first-order valence-electron chi connectivity index (χ1n) is 5.73. The Morgan fingerprint density at radius 2 is 2.00 bits per heavy atom. The predicted molar refractivity (Wildman–Crippen MR) is 65.6 cm³/mol. The Bertz CT molecular complexity index is 470. The normalized spacial score (nSPS) is 30.9. The minimum Gasteiger partial charge on any atom is -0.388 e. The standard InChI is InChI=1S/C12H12BrF2NO2/c13-7-3-8(14)11(9(15)4-7)16-2-1-12(6-18-12)10(17)5-16/h3-4,10,17H,1-2,5-6H2/t10-,12-/m1/s1. The van der Waals surface area contributed by atoms with Gasteiger partial charge in [0.05, 0.1) is 6.61 Å². The molecule has 0 saturated carbocycles. The smallest absolute Gasteiger partial charge is 0.150 e. The van der Waals surface area contributed by atoms with Gasteiger partial charge < -0.3 is 14.7 Å². The van der Waals surface area contributed by atoms with Gasteiger partial charge in [-0.2, -0.15) is 0 Å². The van der Waals surface area contributed by atoms with E-state index in [0.29, 0.717) is 24.0 Å². The maximum absolute atomic E-state index is 13.8. The Labute approximate surface area is 111 Å². The highest BCUT2D eigenvalue weighted by Crippen LogP contribution is 2.40. The van der Waals surface area contributed by atoms with Crippen molar-refractivity contribution in [3.05, 3.63) is 28.2 Å². The number of ether oxygens (including phenoxy) is 1. The SMILES string of the molecule is O[C@@H]1CN(c2c(F)cc(Br)cc2F)CC[C@@]12CO2. The quantitative estimate of drug-likeness (QED) is 0.805. The zero-order valence-electron chi connectivity index (χ0n) is 9.50. The van der Waals surface area contributed by atoms with Gasteiger partial charge in [0.25, 0.3) is 0 Å². The molecule has 2 atom stereocenters. The molecule has 3 nitrogen and oxygen atoms in total. The molecule has 2 heterocycles. The van der Waals surface area contributed by atoms with Crippen LogP contribution in [0.5, 0.6) is 0 Å². The van der Waals surface area contributed by atoms with Gasteiger partial charge in [-0.15, -0.1) is 0 Å². The van der Waals surface area contributed by atoms with Crippen LogP contribution in [0.1, 0.15) is 6.42 Å². The molecular weight excluding hydrogens is 308 g/mol. The van der Waals surface area contributed by atoms with Crippen molar-refractivity contribution < 1.29 is 18.6 Å². The summed E-state index contributed by atoms with van der Waals surface area (Å²) in [6.45, 7) is 1.20. The van der Waals surface area contributed by atoms with Crippen LogP contribution in [0, 0.1) is 11.6 Å². The van der Waals surface area contributed by atoms with Gasteiger partial charge in [0, 0.05) is 17.6 Å². The van der Waals surface area contributed by atoms with Gasteiger partial charge in [-0.05, 0) is 18.6 Å². The second-order valence-electron chi connectivity index (χ2n) is 4.78. The average Bonchev–Trinajstić information content (AvgIpc) is 3.03. The van der Waals surface area contributed by atoms with Crippen molar-refractivity contribution in [3.63, 3.8) is 0 Å². The van der Waals surface area contributed by atoms with Crippen LogP contribution in [-0.4, -0.2) is 36.5 Å². The molecule has 1 aromatic carbocycles. The third-order valence-corrected chi connectivity index (χ3v) is 4.08. The molecule has 0 aliphatic carbocycles. The Hall–Kier alpha value is -0.720. The van der Waals surface area contributed by atoms with Crippen molar-refractivity contribution in [1.29, 1.82) is 0 Å². The molecule has 2 fully saturated rings. The van der Waals surface area contributed by atoms with E-state index in [9.17, 15) is 13.9 Å². The number of rotatable bonds is 1. The first-order valence-corrected chi connectivity index (χ1v) is 6.53. The van der Waals surface area contributed by atoms with Gasteiger partial charge in [0.1, 0.15) is 17.4 Å². The summed E-state index contributed by atoms with van der Waals surface area (Å²) >= 11 is 3.04. The number of benzene rings is 1. The van der Waals surface area contributed by atoms with Gasteiger partial charge in [-0.1, -0.05) is 15.9 Å². The molecular formula is C12H12BrF2NO2. The number of hydrogen-bond acceptors (Lipinski definition) is 3. The fourth-order valence-corrected chi connectivity index (χ4v) is 2.83. The number of nitrogens with zero attached hydrogens (tertiary/aromatic N) is 1. The van der Waals surface area contributed by atoms with Gasteiger partial charge in [0.15, 0.2) is 11.6 Å². The van der Waals surface area contributed by atoms with E-state index < -0.39 is 23.3 Å². The van der Waals surface area contributed by atoms with Crippen LogP contribution < -0.4 is 4.90 Å². The number of piperidine rings is 1. The molecule has 3 rings (SSSR count). The Balaban J connectivity index is 1.87. The van der Waals surface area contributed by atoms with Crippen molar-refractivity contribution in [1.82, 2.24) is 0 Å². The van der Waals surface area contributed by atoms with Crippen molar-refractivity contribution in [3.8, 4) is 0 Å². The minimum atomic E-state index is -0.700. The molecule has 2 saturated heterocycles. The lowest BCUT2D eigenvalue weighted by Crippen LogP contribution is -2.49. The largest absolute Gasteiger partial charge is 0.388 e. The molecule has 18 heavy (non-hydrogen) atoms. The zero-order valence-corrected chi connectivity index (χ0v) is 11.1. The Morgan fingerprint density at radius 1 is 1.39 bits per heavy atom. The summed E-state index contributed by atoms with van der Waals surface area (Å²) in [7, 11) is 0. The molecule has 0 unspecified atom stereocenters. The molecule has 98 valence electrons. The number of epoxide rings is 1. The molecule has 1 N–H and O–H groups in total. The van der Waals surface area contributed by atoms with E-state index in [1.54, 1.807) is 0 Å². The maximum Gasteiger partial charge on any atom is 0.150 e. The summed E-state index contributed by atoms with van der Waals surface area (Å²) in [5, 5.41) is 9.95. The molecule has 2 aliphatic rings. The highest BCUT2D eigenvalue weighted by Gasteiger charge is 2.54. The monoisotopic (exact) mass is 319 g/mol. The number of hydrogen-bond donors (Lipinski definition) is 1. The maximum atomic E-state index is 13.8. The first-order chi connectivity index (χ1) is 8.52. The van der Waals surface area contributed by atoms with E-state index >= 15 is 0 Å². The number of β-amino-alcohol motifs (C(OH)–C–C–N with tert-alkyl or cyclic N) is 1. The fourth-order valence-electron chi connectivity index (χ4n) is 2.43. The average molecular weight is 320 g/mol. The minimum absolute atomic E-state index is 0.0762. The van der Waals surface area contributed by atoms with E-state index in [4.69, 9.17) is 4.74 Å². The van der Waals surface area contributed by atoms with E-state index in [2.05, 4.69) is 15.9 Å². The third kappa shape index (κ3) is 1.92. The van der Waals surface area contributed by atoms with Crippen LogP contribution in [0.25, 0.3) is 0 Å². The van der Waals surface area contributed by atoms with Gasteiger partial charge in [-0.25, -0.2) is 8.78 Å². The highest BCUT2D eigenvalue weighted by atomic mass is 79.9. The third-order valence-electron chi connectivity index (χ3n) is 3.62. The van der Waals surface area contributed by atoms with E-state index in [1.807, 2.05) is 0 Å². The summed E-state index contributed by atoms with van der Waals surface area (Å²) in [6.07, 6.45) is -0.114. The second kappa shape index (κ2) is 4.15. The van der Waals surface area contributed by atoms with E-state index in [-0.39, 0.29) is 12.2 Å². The van der Waals surface area contributed by atoms with Crippen LogP contribution in [-0.2, 0) is 4.74 Å². The van der Waals surface area contributed by atoms with Gasteiger partial charge >= 0.3 is 0 Å². The molecule has 2 aliphatic heterocycles. The number of aliphatic hydroxyl groups excluding tert-OH is 1. The molecule has 1 aromatic rings. The molecule has 0 aromatic heterocycles. The number of anilines is 1. The van der Waals surface area contributed by atoms with E-state index in [0.717, 1.165) is 0 Å². The zero-order chi connectivity index (χ0) is 12.9. The predicted octanol–water partition coefficient (Wildman–Crippen LogP) is 2.07. The van der Waals surface area contributed by atoms with Crippen LogP contribution in [0.4, 0.5) is 14.5 Å². The van der Waals surface area contributed by atoms with Crippen molar-refractivity contribution >= 4 is 21.6 Å². The lowest BCUT2D eigenvalue weighted by molar-refractivity contribution is 0.0607. The van der Waals surface area contributed by atoms with Crippen molar-refractivity contribution in [2.24, 2.45) is 0 Å². The molecule has 0 bridgehead atoms. The van der Waals surface area contributed by atoms with Crippen LogP contribution in [0.3, 0.4) is 0 Å². The lowest BCUT2D eigenvalue weighted by Gasteiger charge is -2.36. The topological polar surface area (TPSA) is 36.0 Å². The van der Waals surface area contributed by atoms with Gasteiger partial charge in [-0.3, -0.25) is 0 Å². The number of halogens is 3. The lowest BCUT2D eigenvalue weighted by atomic mass is 9.94. The highest BCUT2D eigenvalue weighted by molar-refractivity contribution is 9.10. The summed E-state index contributed by atoms with van der Waals surface area (Å²) in [5.41, 5.74) is -0.536. The van der Waals surface area contributed by atoms with Crippen molar-refractivity contribution in [2.45, 2.75) is 18.1 Å². The molecule has 0 radical (unpaired) electrons. The Kier molecular flexibility index (Phi) is 2.84. The fraction of sp³-hybridized carbons (Fsp3) is 0.500. The molecule has 0 amide bonds. The van der Waals surface area contributed by atoms with E-state index in [1.165, 1.54) is 17.0 Å². The Morgan fingerprint density at radius 3 is 2.50 bits per heavy atom. The van der Waals surface area contributed by atoms with Gasteiger partial charge in [0.2, 0.25) is 0 Å². The molecule has 1 spiro atoms. The van der Waals surface area contributed by atoms with Crippen LogP contribution in [0.15, 0.2) is 16.6 Å². The van der Waals surface area contributed by atoms with Crippen LogP contribution in [0.2, 0.25) is 0 Å². The summed E-state index contributed by atoms with van der Waals surface area (Å²) in [5.74, 6) is -1.25. The molecule has 6 heteroatoms. The summed E-state index contributed by atoms with van der Waals surface area (Å²) in [6, 6.07) is 2.45. The summed E-state index contributed by atoms with van der Waals surface area (Å²) in [4.78, 5) is 1.54.